The summed E-state index contributed by atoms with van der Waals surface area (Å²) in [4.78, 5) is 27.4. The molecule has 0 unspecified atom stereocenters. The number of rotatable bonds is 3. The maximum Gasteiger partial charge on any atom is 0.280 e. The number of benzene rings is 1. The fourth-order valence-corrected chi connectivity index (χ4v) is 1.18. The highest BCUT2D eigenvalue weighted by Gasteiger charge is 2.16. The minimum Gasteiger partial charge on any atom is -0.507 e. The highest BCUT2D eigenvalue weighted by Crippen LogP contribution is 2.20. The molecular weight excluding hydrogens is 210 g/mol. The SMILES string of the molecule is CON(C)C(=O)c1ccc(C(C)=O)cc1O. The normalized spacial score (nSPS) is 9.94. The van der Waals surface area contributed by atoms with Crippen molar-refractivity contribution >= 4 is 11.7 Å². The number of ketones is 1. The molecule has 5 nitrogen and oxygen atoms in total. The lowest BCUT2D eigenvalue weighted by Gasteiger charge is -2.14. The van der Waals surface area contributed by atoms with Gasteiger partial charge >= 0.3 is 0 Å². The van der Waals surface area contributed by atoms with Gasteiger partial charge in [-0.3, -0.25) is 14.4 Å². The van der Waals surface area contributed by atoms with Crippen LogP contribution in [0.5, 0.6) is 5.75 Å². The second-order valence-corrected chi connectivity index (χ2v) is 3.27. The molecule has 0 aromatic heterocycles. The van der Waals surface area contributed by atoms with Crippen molar-refractivity contribution in [1.29, 1.82) is 0 Å². The molecule has 0 aliphatic heterocycles. The van der Waals surface area contributed by atoms with Gasteiger partial charge in [-0.25, -0.2) is 5.06 Å². The van der Waals surface area contributed by atoms with Crippen molar-refractivity contribution in [3.8, 4) is 5.75 Å². The molecule has 1 amide bonds. The second-order valence-electron chi connectivity index (χ2n) is 3.27. The molecule has 1 N–H and O–H groups in total. The number of carbonyl (C=O) groups is 2. The predicted molar refractivity (Wildman–Crippen MR) is 57.2 cm³/mol. The molecule has 1 aromatic carbocycles. The third kappa shape index (κ3) is 2.38. The lowest BCUT2D eigenvalue weighted by Crippen LogP contribution is -2.25. The third-order valence-corrected chi connectivity index (χ3v) is 2.19. The minimum absolute atomic E-state index is 0.0920. The monoisotopic (exact) mass is 223 g/mol. The molecule has 0 saturated carbocycles. The van der Waals surface area contributed by atoms with E-state index in [0.717, 1.165) is 5.06 Å². The van der Waals surface area contributed by atoms with Gasteiger partial charge in [0.2, 0.25) is 0 Å². The van der Waals surface area contributed by atoms with Gasteiger partial charge in [0.25, 0.3) is 5.91 Å². The highest BCUT2D eigenvalue weighted by atomic mass is 16.7. The van der Waals surface area contributed by atoms with Crippen LogP contribution in [0.15, 0.2) is 18.2 Å². The number of hydroxylamine groups is 2. The molecule has 0 spiro atoms. The first kappa shape index (κ1) is 12.2. The predicted octanol–water partition coefficient (Wildman–Crippen LogP) is 1.23. The number of hydrogen-bond donors (Lipinski definition) is 1. The Labute approximate surface area is 93.2 Å². The zero-order valence-corrected chi connectivity index (χ0v) is 9.35. The molecule has 0 saturated heterocycles. The standard InChI is InChI=1S/C11H13NO4/c1-7(13)8-4-5-9(10(14)6-8)11(15)12(2)16-3/h4-6,14H,1-3H3. The van der Waals surface area contributed by atoms with E-state index in [1.807, 2.05) is 0 Å². The van der Waals surface area contributed by atoms with E-state index in [4.69, 9.17) is 4.84 Å². The smallest absolute Gasteiger partial charge is 0.280 e. The van der Waals surface area contributed by atoms with E-state index in [1.54, 1.807) is 0 Å². The molecule has 0 fully saturated rings. The topological polar surface area (TPSA) is 66.8 Å². The number of aromatic hydroxyl groups is 1. The van der Waals surface area contributed by atoms with Crippen LogP contribution in [0, 0.1) is 0 Å². The molecule has 0 heterocycles. The molecule has 86 valence electrons. The van der Waals surface area contributed by atoms with Crippen molar-refractivity contribution in [1.82, 2.24) is 5.06 Å². The molecule has 0 aliphatic rings. The van der Waals surface area contributed by atoms with Gasteiger partial charge in [-0.15, -0.1) is 0 Å². The van der Waals surface area contributed by atoms with Crippen molar-refractivity contribution < 1.29 is 19.5 Å². The Morgan fingerprint density at radius 3 is 2.44 bits per heavy atom. The van der Waals surface area contributed by atoms with E-state index in [9.17, 15) is 14.7 Å². The van der Waals surface area contributed by atoms with E-state index in [0.29, 0.717) is 5.56 Å². The van der Waals surface area contributed by atoms with Crippen LogP contribution in [0.1, 0.15) is 27.6 Å². The summed E-state index contributed by atoms with van der Waals surface area (Å²) >= 11 is 0. The van der Waals surface area contributed by atoms with Gasteiger partial charge in [-0.2, -0.15) is 0 Å². The van der Waals surface area contributed by atoms with E-state index >= 15 is 0 Å². The number of nitrogens with zero attached hydrogens (tertiary/aromatic N) is 1. The van der Waals surface area contributed by atoms with Crippen LogP contribution >= 0.6 is 0 Å². The van der Waals surface area contributed by atoms with E-state index in [2.05, 4.69) is 0 Å². The first-order valence-corrected chi connectivity index (χ1v) is 4.63. The molecule has 0 radical (unpaired) electrons. The highest BCUT2D eigenvalue weighted by molar-refractivity contribution is 5.99. The van der Waals surface area contributed by atoms with Crippen molar-refractivity contribution in [2.75, 3.05) is 14.2 Å². The van der Waals surface area contributed by atoms with Gasteiger partial charge in [0.1, 0.15) is 5.75 Å². The van der Waals surface area contributed by atoms with Gasteiger partial charge in [-0.1, -0.05) is 6.07 Å². The first-order chi connectivity index (χ1) is 7.47. The van der Waals surface area contributed by atoms with Crippen LogP contribution in [-0.2, 0) is 4.84 Å². The molecule has 0 atom stereocenters. The lowest BCUT2D eigenvalue weighted by molar-refractivity contribution is -0.0758. The van der Waals surface area contributed by atoms with Crippen LogP contribution in [0.3, 0.4) is 0 Å². The Bertz CT molecular complexity index is 428. The van der Waals surface area contributed by atoms with E-state index in [1.165, 1.54) is 39.3 Å². The Hall–Kier alpha value is -1.88. The summed E-state index contributed by atoms with van der Waals surface area (Å²) < 4.78 is 0. The number of hydrogen-bond acceptors (Lipinski definition) is 4. The molecule has 5 heteroatoms. The van der Waals surface area contributed by atoms with Gasteiger partial charge in [0.15, 0.2) is 5.78 Å². The number of phenolic OH excluding ortho intramolecular Hbond substituents is 1. The molecule has 1 rings (SSSR count). The molecular formula is C11H13NO4. The van der Waals surface area contributed by atoms with E-state index in [-0.39, 0.29) is 17.1 Å². The second kappa shape index (κ2) is 4.76. The number of amides is 1. The number of phenols is 1. The fourth-order valence-electron chi connectivity index (χ4n) is 1.18. The van der Waals surface area contributed by atoms with Gasteiger partial charge in [0, 0.05) is 12.6 Å². The van der Waals surface area contributed by atoms with Crippen LogP contribution in [0.4, 0.5) is 0 Å². The van der Waals surface area contributed by atoms with Crippen molar-refractivity contribution in [2.45, 2.75) is 6.92 Å². The molecule has 0 aliphatic carbocycles. The van der Waals surface area contributed by atoms with Crippen LogP contribution in [0.2, 0.25) is 0 Å². The summed E-state index contributed by atoms with van der Waals surface area (Å²) in [6.07, 6.45) is 0. The number of Topliss-reactive ketones (excluding diaryl/α,β-unsaturated/α-hetero) is 1. The molecule has 0 bridgehead atoms. The third-order valence-electron chi connectivity index (χ3n) is 2.19. The van der Waals surface area contributed by atoms with Gasteiger partial charge in [0.05, 0.1) is 12.7 Å². The molecule has 16 heavy (non-hydrogen) atoms. The summed E-state index contributed by atoms with van der Waals surface area (Å²) in [6, 6.07) is 4.14. The largest absolute Gasteiger partial charge is 0.507 e. The summed E-state index contributed by atoms with van der Waals surface area (Å²) in [7, 11) is 2.78. The lowest BCUT2D eigenvalue weighted by atomic mass is 10.1. The quantitative estimate of drug-likeness (QED) is 0.618. The summed E-state index contributed by atoms with van der Waals surface area (Å²) in [5.74, 6) is -0.883. The Morgan fingerprint density at radius 2 is 2.00 bits per heavy atom. The average molecular weight is 223 g/mol. The zero-order chi connectivity index (χ0) is 12.3. The van der Waals surface area contributed by atoms with Crippen molar-refractivity contribution in [3.05, 3.63) is 29.3 Å². The Balaban J connectivity index is 3.08. The van der Waals surface area contributed by atoms with Crippen molar-refractivity contribution in [2.24, 2.45) is 0 Å². The van der Waals surface area contributed by atoms with Crippen LogP contribution in [0.25, 0.3) is 0 Å². The summed E-state index contributed by atoms with van der Waals surface area (Å²) in [5.41, 5.74) is 0.448. The van der Waals surface area contributed by atoms with E-state index < -0.39 is 5.91 Å². The summed E-state index contributed by atoms with van der Waals surface area (Å²) in [6.45, 7) is 1.39. The maximum absolute atomic E-state index is 11.6. The molecule has 1 aromatic rings. The fraction of sp³-hybridized carbons (Fsp3) is 0.273. The van der Waals surface area contributed by atoms with Crippen molar-refractivity contribution in [3.63, 3.8) is 0 Å². The van der Waals surface area contributed by atoms with Gasteiger partial charge in [-0.05, 0) is 19.1 Å². The van der Waals surface area contributed by atoms with Crippen LogP contribution < -0.4 is 0 Å². The Morgan fingerprint density at radius 1 is 1.38 bits per heavy atom. The number of carbonyl (C=O) groups excluding carboxylic acids is 2. The Kier molecular flexibility index (Phi) is 3.63. The first-order valence-electron chi connectivity index (χ1n) is 4.63. The van der Waals surface area contributed by atoms with Crippen LogP contribution in [-0.4, -0.2) is 36.0 Å². The minimum atomic E-state index is -0.477. The summed E-state index contributed by atoms with van der Waals surface area (Å²) in [5, 5.41) is 10.6. The maximum atomic E-state index is 11.6. The zero-order valence-electron chi connectivity index (χ0n) is 9.35. The average Bonchev–Trinajstić information content (AvgIpc) is 2.26. The van der Waals surface area contributed by atoms with Gasteiger partial charge < -0.3 is 5.11 Å².